The fraction of sp³-hybridized carbons (Fsp3) is 0.462. The van der Waals surface area contributed by atoms with Crippen LogP contribution < -0.4 is 4.72 Å². The number of Topliss-reactive ketones (excluding diaryl/α,β-unsaturated/α-hetero) is 1. The van der Waals surface area contributed by atoms with Gasteiger partial charge < -0.3 is 9.47 Å². The summed E-state index contributed by atoms with van der Waals surface area (Å²) in [7, 11) is -0.622. The maximum absolute atomic E-state index is 12.0. The van der Waals surface area contributed by atoms with E-state index >= 15 is 0 Å². The summed E-state index contributed by atoms with van der Waals surface area (Å²) in [6.45, 7) is 1.83. The number of sulfonamides is 1. The van der Waals surface area contributed by atoms with Crippen LogP contribution in [0.2, 0.25) is 0 Å². The van der Waals surface area contributed by atoms with Crippen molar-refractivity contribution >= 4 is 15.8 Å². The SMILES string of the molecule is COCC(CNS(=O)(=O)c1ccc(C(C)=O)cc1)OC. The number of carbonyl (C=O) groups is 1. The minimum absolute atomic E-state index is 0.106. The average Bonchev–Trinajstić information content (AvgIpc) is 2.43. The number of hydrogen-bond donors (Lipinski definition) is 1. The zero-order valence-corrected chi connectivity index (χ0v) is 12.6. The molecule has 20 heavy (non-hydrogen) atoms. The average molecular weight is 301 g/mol. The molecule has 1 rings (SSSR count). The molecule has 0 amide bonds. The number of rotatable bonds is 8. The lowest BCUT2D eigenvalue weighted by atomic mass is 10.2. The van der Waals surface area contributed by atoms with Crippen molar-refractivity contribution < 1.29 is 22.7 Å². The zero-order valence-electron chi connectivity index (χ0n) is 11.8. The van der Waals surface area contributed by atoms with Crippen molar-refractivity contribution in [1.29, 1.82) is 0 Å². The number of carbonyl (C=O) groups excluding carboxylic acids is 1. The van der Waals surface area contributed by atoms with Gasteiger partial charge in [-0.3, -0.25) is 4.79 Å². The van der Waals surface area contributed by atoms with E-state index in [1.165, 1.54) is 45.4 Å². The molecule has 0 fully saturated rings. The standard InChI is InChI=1S/C13H19NO5S/c1-10(15)11-4-6-13(7-5-11)20(16,17)14-8-12(19-3)9-18-2/h4-7,12,14H,8-9H2,1-3H3. The first kappa shape index (κ1) is 16.8. The van der Waals surface area contributed by atoms with Crippen molar-refractivity contribution in [2.75, 3.05) is 27.4 Å². The van der Waals surface area contributed by atoms with Gasteiger partial charge >= 0.3 is 0 Å². The van der Waals surface area contributed by atoms with Gasteiger partial charge in [0.05, 0.1) is 17.6 Å². The highest BCUT2D eigenvalue weighted by Gasteiger charge is 2.17. The lowest BCUT2D eigenvalue weighted by molar-refractivity contribution is 0.0320. The van der Waals surface area contributed by atoms with Gasteiger partial charge in [0, 0.05) is 26.3 Å². The van der Waals surface area contributed by atoms with Gasteiger partial charge in [-0.1, -0.05) is 12.1 Å². The maximum atomic E-state index is 12.0. The molecule has 0 heterocycles. The lowest BCUT2D eigenvalue weighted by Gasteiger charge is -2.15. The summed E-state index contributed by atoms with van der Waals surface area (Å²) in [4.78, 5) is 11.2. The third kappa shape index (κ3) is 4.68. The molecule has 0 radical (unpaired) electrons. The highest BCUT2D eigenvalue weighted by molar-refractivity contribution is 7.89. The fourth-order valence-corrected chi connectivity index (χ4v) is 2.62. The highest BCUT2D eigenvalue weighted by atomic mass is 32.2. The number of nitrogens with one attached hydrogen (secondary N) is 1. The second kappa shape index (κ2) is 7.49. The lowest BCUT2D eigenvalue weighted by Crippen LogP contribution is -2.35. The van der Waals surface area contributed by atoms with E-state index in [4.69, 9.17) is 9.47 Å². The van der Waals surface area contributed by atoms with Crippen molar-refractivity contribution in [2.45, 2.75) is 17.9 Å². The molecule has 7 heteroatoms. The van der Waals surface area contributed by atoms with Crippen LogP contribution in [0.4, 0.5) is 0 Å². The van der Waals surface area contributed by atoms with E-state index in [2.05, 4.69) is 4.72 Å². The molecule has 1 aromatic rings. The van der Waals surface area contributed by atoms with Crippen LogP contribution in [0.1, 0.15) is 17.3 Å². The Morgan fingerprint density at radius 1 is 1.25 bits per heavy atom. The summed E-state index contributed by atoms with van der Waals surface area (Å²) in [5, 5.41) is 0. The number of methoxy groups -OCH3 is 2. The Labute approximate surface area is 119 Å². The van der Waals surface area contributed by atoms with Crippen molar-refractivity contribution in [3.05, 3.63) is 29.8 Å². The van der Waals surface area contributed by atoms with Gasteiger partial charge in [0.15, 0.2) is 5.78 Å². The largest absolute Gasteiger partial charge is 0.382 e. The molecule has 0 bridgehead atoms. The van der Waals surface area contributed by atoms with Gasteiger partial charge in [0.2, 0.25) is 10.0 Å². The minimum Gasteiger partial charge on any atom is -0.382 e. The van der Waals surface area contributed by atoms with E-state index < -0.39 is 10.0 Å². The Morgan fingerprint density at radius 2 is 1.85 bits per heavy atom. The zero-order chi connectivity index (χ0) is 15.2. The second-order valence-corrected chi connectivity index (χ2v) is 6.01. The van der Waals surface area contributed by atoms with Gasteiger partial charge in [-0.15, -0.1) is 0 Å². The number of benzene rings is 1. The second-order valence-electron chi connectivity index (χ2n) is 4.25. The fourth-order valence-electron chi connectivity index (χ4n) is 1.55. The first-order chi connectivity index (χ1) is 9.40. The molecule has 0 saturated carbocycles. The highest BCUT2D eigenvalue weighted by Crippen LogP contribution is 2.11. The summed E-state index contributed by atoms with van der Waals surface area (Å²) >= 11 is 0. The minimum atomic E-state index is -3.62. The summed E-state index contributed by atoms with van der Waals surface area (Å²) < 4.78 is 36.5. The van der Waals surface area contributed by atoms with Gasteiger partial charge in [0.25, 0.3) is 0 Å². The molecule has 1 aromatic carbocycles. The molecule has 0 aliphatic rings. The summed E-state index contributed by atoms with van der Waals surface area (Å²) in [6, 6.07) is 5.77. The van der Waals surface area contributed by atoms with E-state index in [1.807, 2.05) is 0 Å². The summed E-state index contributed by atoms with van der Waals surface area (Å²) in [6.07, 6.45) is -0.355. The Kier molecular flexibility index (Phi) is 6.28. The van der Waals surface area contributed by atoms with E-state index in [-0.39, 0.29) is 23.3 Å². The van der Waals surface area contributed by atoms with Crippen molar-refractivity contribution in [3.8, 4) is 0 Å². The van der Waals surface area contributed by atoms with Crippen LogP contribution in [0.5, 0.6) is 0 Å². The monoisotopic (exact) mass is 301 g/mol. The molecule has 1 unspecified atom stereocenters. The van der Waals surface area contributed by atoms with E-state index in [0.29, 0.717) is 12.2 Å². The molecule has 0 aliphatic heterocycles. The van der Waals surface area contributed by atoms with Crippen LogP contribution >= 0.6 is 0 Å². The molecule has 6 nitrogen and oxygen atoms in total. The number of ether oxygens (including phenoxy) is 2. The molecule has 0 spiro atoms. The maximum Gasteiger partial charge on any atom is 0.240 e. The molecule has 0 aliphatic carbocycles. The quantitative estimate of drug-likeness (QED) is 0.719. The van der Waals surface area contributed by atoms with Crippen LogP contribution in [0.15, 0.2) is 29.2 Å². The molecule has 112 valence electrons. The van der Waals surface area contributed by atoms with Crippen LogP contribution in [-0.4, -0.2) is 47.7 Å². The van der Waals surface area contributed by atoms with Crippen LogP contribution in [0.25, 0.3) is 0 Å². The first-order valence-electron chi connectivity index (χ1n) is 6.03. The summed E-state index contributed by atoms with van der Waals surface area (Å²) in [5.74, 6) is -0.110. The molecular weight excluding hydrogens is 282 g/mol. The third-order valence-electron chi connectivity index (χ3n) is 2.76. The molecule has 1 N–H and O–H groups in total. The molecule has 0 saturated heterocycles. The van der Waals surface area contributed by atoms with Gasteiger partial charge in [0.1, 0.15) is 0 Å². The van der Waals surface area contributed by atoms with Crippen molar-refractivity contribution in [1.82, 2.24) is 4.72 Å². The van der Waals surface area contributed by atoms with Gasteiger partial charge in [-0.2, -0.15) is 0 Å². The van der Waals surface area contributed by atoms with E-state index in [9.17, 15) is 13.2 Å². The topological polar surface area (TPSA) is 81.7 Å². The Bertz CT molecular complexity index is 538. The third-order valence-corrected chi connectivity index (χ3v) is 4.20. The first-order valence-corrected chi connectivity index (χ1v) is 7.51. The van der Waals surface area contributed by atoms with Crippen LogP contribution in [0.3, 0.4) is 0 Å². The molecule has 1 atom stereocenters. The number of ketones is 1. The Hall–Kier alpha value is -1.28. The van der Waals surface area contributed by atoms with Crippen molar-refractivity contribution in [3.63, 3.8) is 0 Å². The predicted octanol–water partition coefficient (Wildman–Crippen LogP) is 0.829. The Morgan fingerprint density at radius 3 is 2.30 bits per heavy atom. The number of hydrogen-bond acceptors (Lipinski definition) is 5. The van der Waals surface area contributed by atoms with Crippen LogP contribution in [0, 0.1) is 0 Å². The van der Waals surface area contributed by atoms with Crippen molar-refractivity contribution in [2.24, 2.45) is 0 Å². The molecule has 0 aromatic heterocycles. The molecular formula is C13H19NO5S. The van der Waals surface area contributed by atoms with E-state index in [0.717, 1.165) is 0 Å². The van der Waals surface area contributed by atoms with E-state index in [1.54, 1.807) is 0 Å². The predicted molar refractivity (Wildman–Crippen MR) is 74.3 cm³/mol. The van der Waals surface area contributed by atoms with Gasteiger partial charge in [-0.25, -0.2) is 13.1 Å². The smallest absolute Gasteiger partial charge is 0.240 e. The summed E-state index contributed by atoms with van der Waals surface area (Å²) in [5.41, 5.74) is 0.470. The van der Waals surface area contributed by atoms with Crippen LogP contribution in [-0.2, 0) is 19.5 Å². The normalized spacial score (nSPS) is 13.2. The van der Waals surface area contributed by atoms with Gasteiger partial charge in [-0.05, 0) is 19.1 Å². The Balaban J connectivity index is 2.75.